The Balaban J connectivity index is 2.05. The Morgan fingerprint density at radius 1 is 1.12 bits per heavy atom. The van der Waals surface area contributed by atoms with Gasteiger partial charge in [0.2, 0.25) is 0 Å². The minimum atomic E-state index is 0.0426. The third kappa shape index (κ3) is 2.87. The lowest BCUT2D eigenvalue weighted by Crippen LogP contribution is -2.02. The highest BCUT2D eigenvalue weighted by Crippen LogP contribution is 2.21. The Kier molecular flexibility index (Phi) is 3.47. The van der Waals surface area contributed by atoms with Gasteiger partial charge in [0.15, 0.2) is 5.75 Å². The summed E-state index contributed by atoms with van der Waals surface area (Å²) in [5.41, 5.74) is 1.17. The molecule has 90 valence electrons. The molecule has 0 spiro atoms. The van der Waals surface area contributed by atoms with Crippen molar-refractivity contribution < 1.29 is 4.74 Å². The molecule has 2 rings (SSSR count). The van der Waals surface area contributed by atoms with Crippen molar-refractivity contribution in [2.45, 2.75) is 32.9 Å². The summed E-state index contributed by atoms with van der Waals surface area (Å²) >= 11 is 0. The number of aromatic nitrogens is 2. The van der Waals surface area contributed by atoms with Gasteiger partial charge in [-0.15, -0.1) is 0 Å². The van der Waals surface area contributed by atoms with Gasteiger partial charge in [-0.2, -0.15) is 5.10 Å². The van der Waals surface area contributed by atoms with E-state index >= 15 is 0 Å². The molecule has 0 amide bonds. The molecule has 0 aliphatic rings. The summed E-state index contributed by atoms with van der Waals surface area (Å²) in [6, 6.07) is 10.5. The number of benzene rings is 1. The average molecular weight is 230 g/mol. The van der Waals surface area contributed by atoms with Crippen LogP contribution >= 0.6 is 0 Å². The van der Waals surface area contributed by atoms with Crippen LogP contribution in [0.5, 0.6) is 5.75 Å². The van der Waals surface area contributed by atoms with Crippen molar-refractivity contribution in [2.75, 3.05) is 0 Å². The lowest BCUT2D eigenvalue weighted by atomic mass is 10.1. The fourth-order valence-electron chi connectivity index (χ4n) is 1.66. The fourth-order valence-corrected chi connectivity index (χ4v) is 1.66. The Morgan fingerprint density at radius 2 is 1.82 bits per heavy atom. The molecule has 1 atom stereocenters. The summed E-state index contributed by atoms with van der Waals surface area (Å²) in [6.45, 7) is 6.23. The van der Waals surface area contributed by atoms with E-state index in [-0.39, 0.29) is 6.10 Å². The summed E-state index contributed by atoms with van der Waals surface area (Å²) in [6.07, 6.45) is 3.74. The average Bonchev–Trinajstić information content (AvgIpc) is 2.79. The van der Waals surface area contributed by atoms with Gasteiger partial charge in [0.1, 0.15) is 6.10 Å². The van der Waals surface area contributed by atoms with E-state index in [9.17, 15) is 0 Å². The summed E-state index contributed by atoms with van der Waals surface area (Å²) in [4.78, 5) is 0. The van der Waals surface area contributed by atoms with Gasteiger partial charge in [0.25, 0.3) is 0 Å². The van der Waals surface area contributed by atoms with Crippen molar-refractivity contribution in [2.24, 2.45) is 0 Å². The van der Waals surface area contributed by atoms with Gasteiger partial charge in [0.05, 0.1) is 12.4 Å². The van der Waals surface area contributed by atoms with Crippen molar-refractivity contribution in [1.29, 1.82) is 0 Å². The number of nitrogens with zero attached hydrogens (tertiary/aromatic N) is 2. The zero-order valence-corrected chi connectivity index (χ0v) is 10.5. The molecule has 2 aromatic rings. The van der Waals surface area contributed by atoms with Gasteiger partial charge in [-0.1, -0.05) is 30.3 Å². The molecule has 0 aliphatic carbocycles. The Bertz CT molecular complexity index is 462. The molecule has 1 heterocycles. The third-order valence-electron chi connectivity index (χ3n) is 2.69. The summed E-state index contributed by atoms with van der Waals surface area (Å²) in [5.74, 6) is 0.815. The van der Waals surface area contributed by atoms with Crippen LogP contribution in [0.2, 0.25) is 0 Å². The Labute approximate surface area is 102 Å². The highest BCUT2D eigenvalue weighted by molar-refractivity contribution is 5.20. The lowest BCUT2D eigenvalue weighted by Gasteiger charge is -2.13. The molecule has 0 saturated carbocycles. The van der Waals surface area contributed by atoms with E-state index < -0.39 is 0 Å². The van der Waals surface area contributed by atoms with Gasteiger partial charge in [-0.25, -0.2) is 0 Å². The van der Waals surface area contributed by atoms with Gasteiger partial charge < -0.3 is 4.74 Å². The van der Waals surface area contributed by atoms with E-state index in [1.165, 1.54) is 5.56 Å². The van der Waals surface area contributed by atoms with Crippen LogP contribution in [0.15, 0.2) is 42.7 Å². The monoisotopic (exact) mass is 230 g/mol. The first-order chi connectivity index (χ1) is 8.16. The van der Waals surface area contributed by atoms with E-state index in [0.717, 1.165) is 5.75 Å². The van der Waals surface area contributed by atoms with Gasteiger partial charge in [-0.05, 0) is 26.3 Å². The second-order valence-corrected chi connectivity index (χ2v) is 4.42. The zero-order valence-electron chi connectivity index (χ0n) is 10.5. The number of hydrogen-bond acceptors (Lipinski definition) is 2. The molecule has 0 saturated heterocycles. The van der Waals surface area contributed by atoms with Crippen LogP contribution in [0, 0.1) is 0 Å². The minimum Gasteiger partial charge on any atom is -0.483 e. The van der Waals surface area contributed by atoms with Crippen LogP contribution in [0.4, 0.5) is 0 Å². The minimum absolute atomic E-state index is 0.0426. The molecular weight excluding hydrogens is 212 g/mol. The maximum absolute atomic E-state index is 5.85. The fraction of sp³-hybridized carbons (Fsp3) is 0.357. The first kappa shape index (κ1) is 11.7. The lowest BCUT2D eigenvalue weighted by molar-refractivity contribution is 0.226. The molecule has 0 aliphatic heterocycles. The van der Waals surface area contributed by atoms with Crippen molar-refractivity contribution in [3.05, 3.63) is 48.3 Å². The summed E-state index contributed by atoms with van der Waals surface area (Å²) < 4.78 is 7.74. The molecule has 17 heavy (non-hydrogen) atoms. The topological polar surface area (TPSA) is 27.1 Å². The van der Waals surface area contributed by atoms with Crippen LogP contribution in [-0.4, -0.2) is 9.78 Å². The van der Waals surface area contributed by atoms with Gasteiger partial charge in [0, 0.05) is 6.04 Å². The molecule has 1 unspecified atom stereocenters. The van der Waals surface area contributed by atoms with E-state index in [1.807, 2.05) is 36.0 Å². The predicted octanol–water partition coefficient (Wildman–Crippen LogP) is 3.60. The first-order valence-electron chi connectivity index (χ1n) is 5.92. The highest BCUT2D eigenvalue weighted by Gasteiger charge is 2.08. The maximum Gasteiger partial charge on any atom is 0.158 e. The van der Waals surface area contributed by atoms with Crippen molar-refractivity contribution >= 4 is 0 Å². The number of rotatable bonds is 4. The molecule has 0 fully saturated rings. The van der Waals surface area contributed by atoms with Crippen LogP contribution in [0.1, 0.15) is 38.5 Å². The van der Waals surface area contributed by atoms with E-state index in [2.05, 4.69) is 31.1 Å². The van der Waals surface area contributed by atoms with Crippen molar-refractivity contribution in [1.82, 2.24) is 9.78 Å². The number of hydrogen-bond donors (Lipinski definition) is 0. The molecule has 0 radical (unpaired) electrons. The smallest absolute Gasteiger partial charge is 0.158 e. The zero-order chi connectivity index (χ0) is 12.3. The molecule has 3 nitrogen and oxygen atoms in total. The molecule has 3 heteroatoms. The van der Waals surface area contributed by atoms with Crippen LogP contribution in [-0.2, 0) is 0 Å². The molecule has 1 aromatic heterocycles. The van der Waals surface area contributed by atoms with E-state index in [0.29, 0.717) is 6.04 Å². The summed E-state index contributed by atoms with van der Waals surface area (Å²) in [5, 5.41) is 4.25. The van der Waals surface area contributed by atoms with E-state index in [4.69, 9.17) is 4.74 Å². The predicted molar refractivity (Wildman–Crippen MR) is 68.1 cm³/mol. The number of ether oxygens (including phenoxy) is 1. The first-order valence-corrected chi connectivity index (χ1v) is 5.92. The van der Waals surface area contributed by atoms with Crippen LogP contribution in [0.3, 0.4) is 0 Å². The second kappa shape index (κ2) is 5.04. The molecule has 0 N–H and O–H groups in total. The van der Waals surface area contributed by atoms with E-state index in [1.54, 1.807) is 6.20 Å². The van der Waals surface area contributed by atoms with Crippen molar-refractivity contribution in [3.8, 4) is 5.75 Å². The highest BCUT2D eigenvalue weighted by atomic mass is 16.5. The quantitative estimate of drug-likeness (QED) is 0.802. The normalized spacial score (nSPS) is 12.7. The standard InChI is InChI=1S/C14H18N2O/c1-11(2)16-10-14(9-15-16)17-12(3)13-7-5-4-6-8-13/h4-12H,1-3H3. The second-order valence-electron chi connectivity index (χ2n) is 4.42. The summed E-state index contributed by atoms with van der Waals surface area (Å²) in [7, 11) is 0. The third-order valence-corrected chi connectivity index (χ3v) is 2.69. The van der Waals surface area contributed by atoms with Crippen molar-refractivity contribution in [3.63, 3.8) is 0 Å². The SMILES string of the molecule is CC(Oc1cnn(C(C)C)c1)c1ccccc1. The molecule has 0 bridgehead atoms. The van der Waals surface area contributed by atoms with Crippen LogP contribution in [0.25, 0.3) is 0 Å². The largest absolute Gasteiger partial charge is 0.483 e. The maximum atomic E-state index is 5.85. The Hall–Kier alpha value is -1.77. The Morgan fingerprint density at radius 3 is 2.41 bits per heavy atom. The molecular formula is C14H18N2O. The van der Waals surface area contributed by atoms with Gasteiger partial charge >= 0.3 is 0 Å². The molecule has 1 aromatic carbocycles. The van der Waals surface area contributed by atoms with Gasteiger partial charge in [-0.3, -0.25) is 4.68 Å². The van der Waals surface area contributed by atoms with Crippen LogP contribution < -0.4 is 4.74 Å².